The fourth-order valence-electron chi connectivity index (χ4n) is 2.73. The number of hydrogen-bond acceptors (Lipinski definition) is 5. The van der Waals surface area contributed by atoms with Gasteiger partial charge in [0.15, 0.2) is 0 Å². The number of sulfonamides is 1. The maximum Gasteiger partial charge on any atom is 0.340 e. The third-order valence-electron chi connectivity index (χ3n) is 4.10. The molecule has 0 saturated heterocycles. The lowest BCUT2D eigenvalue weighted by Gasteiger charge is -2.18. The second-order valence-corrected chi connectivity index (χ2v) is 8.30. The number of esters is 1. The minimum absolute atomic E-state index is 0.117. The van der Waals surface area contributed by atoms with Crippen LogP contribution in [0.3, 0.4) is 0 Å². The molecule has 0 spiro atoms. The van der Waals surface area contributed by atoms with Gasteiger partial charge in [0, 0.05) is 4.47 Å². The predicted molar refractivity (Wildman–Crippen MR) is 103 cm³/mol. The Morgan fingerprint density at radius 1 is 1.08 bits per heavy atom. The molecule has 0 aliphatic heterocycles. The lowest BCUT2D eigenvalue weighted by atomic mass is 10.1. The number of hydrogen-bond donors (Lipinski definition) is 1. The van der Waals surface area contributed by atoms with E-state index in [2.05, 4.69) is 20.7 Å². The van der Waals surface area contributed by atoms with Gasteiger partial charge in [-0.15, -0.1) is 0 Å². The molecule has 0 radical (unpaired) electrons. The van der Waals surface area contributed by atoms with Crippen LogP contribution in [-0.2, 0) is 14.8 Å². The van der Waals surface area contributed by atoms with E-state index in [0.717, 1.165) is 5.56 Å². The highest BCUT2D eigenvalue weighted by Crippen LogP contribution is 2.32. The Labute approximate surface area is 161 Å². The second kappa shape index (κ2) is 7.67. The van der Waals surface area contributed by atoms with Crippen LogP contribution in [0.2, 0.25) is 0 Å². The smallest absolute Gasteiger partial charge is 0.340 e. The van der Waals surface area contributed by atoms with E-state index >= 15 is 0 Å². The summed E-state index contributed by atoms with van der Waals surface area (Å²) in [7, 11) is -1.15. The fourth-order valence-corrected chi connectivity index (χ4v) is 4.70. The molecule has 2 aromatic carbocycles. The van der Waals surface area contributed by atoms with Gasteiger partial charge in [0.1, 0.15) is 5.75 Å². The lowest BCUT2D eigenvalue weighted by molar-refractivity contribution is 0.0602. The largest absolute Gasteiger partial charge is 0.496 e. The van der Waals surface area contributed by atoms with Gasteiger partial charge in [-0.05, 0) is 61.7 Å². The van der Waals surface area contributed by atoms with E-state index in [4.69, 9.17) is 9.47 Å². The first-order chi connectivity index (χ1) is 12.1. The third-order valence-corrected chi connectivity index (χ3v) is 6.25. The van der Waals surface area contributed by atoms with Crippen molar-refractivity contribution in [1.29, 1.82) is 0 Å². The van der Waals surface area contributed by atoms with Gasteiger partial charge >= 0.3 is 5.97 Å². The minimum Gasteiger partial charge on any atom is -0.496 e. The van der Waals surface area contributed by atoms with Crippen molar-refractivity contribution in [3.8, 4) is 5.75 Å². The van der Waals surface area contributed by atoms with E-state index in [-0.39, 0.29) is 16.1 Å². The first kappa shape index (κ1) is 20.3. The Morgan fingerprint density at radius 3 is 2.31 bits per heavy atom. The number of anilines is 1. The SMILES string of the molecule is COC(=O)c1cc(Br)ccc1NS(=O)(=O)c1c(C)cc(OC)c(C)c1C. The topological polar surface area (TPSA) is 81.7 Å². The van der Waals surface area contributed by atoms with Crippen LogP contribution in [0.5, 0.6) is 5.75 Å². The summed E-state index contributed by atoms with van der Waals surface area (Å²) in [4.78, 5) is 12.1. The van der Waals surface area contributed by atoms with Crippen LogP contribution in [0.1, 0.15) is 27.0 Å². The zero-order valence-electron chi connectivity index (χ0n) is 15.1. The van der Waals surface area contributed by atoms with Crippen molar-refractivity contribution >= 4 is 37.6 Å². The van der Waals surface area contributed by atoms with Crippen molar-refractivity contribution in [2.45, 2.75) is 25.7 Å². The summed E-state index contributed by atoms with van der Waals surface area (Å²) in [5.41, 5.74) is 2.14. The van der Waals surface area contributed by atoms with Crippen LogP contribution in [0.4, 0.5) is 5.69 Å². The van der Waals surface area contributed by atoms with E-state index in [1.54, 1.807) is 32.9 Å². The van der Waals surface area contributed by atoms with Crippen molar-refractivity contribution < 1.29 is 22.7 Å². The highest BCUT2D eigenvalue weighted by atomic mass is 79.9. The van der Waals surface area contributed by atoms with E-state index in [1.165, 1.54) is 26.4 Å². The van der Waals surface area contributed by atoms with Crippen LogP contribution < -0.4 is 9.46 Å². The highest BCUT2D eigenvalue weighted by molar-refractivity contribution is 9.10. The summed E-state index contributed by atoms with van der Waals surface area (Å²) in [6.07, 6.45) is 0. The highest BCUT2D eigenvalue weighted by Gasteiger charge is 2.25. The number of methoxy groups -OCH3 is 2. The standard InChI is InChI=1S/C18H20BrNO5S/c1-10-8-16(24-4)11(2)12(3)17(10)26(22,23)20-15-7-6-13(19)9-14(15)18(21)25-5/h6-9,20H,1-5H3. The van der Waals surface area contributed by atoms with E-state index in [0.29, 0.717) is 21.3 Å². The van der Waals surface area contributed by atoms with Gasteiger partial charge in [0.25, 0.3) is 10.0 Å². The molecule has 8 heteroatoms. The van der Waals surface area contributed by atoms with Gasteiger partial charge < -0.3 is 9.47 Å². The number of carbonyl (C=O) groups excluding carboxylic acids is 1. The molecule has 0 aromatic heterocycles. The summed E-state index contributed by atoms with van der Waals surface area (Å²) < 4.78 is 39.2. The Kier molecular flexibility index (Phi) is 5.98. The van der Waals surface area contributed by atoms with Gasteiger partial charge in [-0.2, -0.15) is 0 Å². The normalized spacial score (nSPS) is 11.2. The number of benzene rings is 2. The molecule has 26 heavy (non-hydrogen) atoms. The van der Waals surface area contributed by atoms with E-state index in [1.807, 2.05) is 0 Å². The van der Waals surface area contributed by atoms with E-state index < -0.39 is 16.0 Å². The molecular formula is C18H20BrNO5S. The minimum atomic E-state index is -3.93. The lowest BCUT2D eigenvalue weighted by Crippen LogP contribution is -2.18. The van der Waals surface area contributed by atoms with Gasteiger partial charge in [0.2, 0.25) is 0 Å². The van der Waals surface area contributed by atoms with Crippen molar-refractivity contribution in [2.75, 3.05) is 18.9 Å². The molecule has 0 atom stereocenters. The molecule has 0 heterocycles. The Bertz CT molecular complexity index is 970. The Balaban J connectivity index is 2.58. The third kappa shape index (κ3) is 3.86. The zero-order chi connectivity index (χ0) is 19.6. The van der Waals surface area contributed by atoms with Crippen LogP contribution in [0, 0.1) is 20.8 Å². The number of nitrogens with one attached hydrogen (secondary N) is 1. The number of rotatable bonds is 5. The first-order valence-electron chi connectivity index (χ1n) is 7.67. The summed E-state index contributed by atoms with van der Waals surface area (Å²) in [5, 5.41) is 0. The molecule has 0 amide bonds. The summed E-state index contributed by atoms with van der Waals surface area (Å²) >= 11 is 3.27. The predicted octanol–water partition coefficient (Wildman–Crippen LogP) is 3.97. The molecule has 1 N–H and O–H groups in total. The number of halogens is 1. The molecular weight excluding hydrogens is 422 g/mol. The molecule has 0 unspecified atom stereocenters. The van der Waals surface area contributed by atoms with Crippen molar-refractivity contribution in [3.05, 3.63) is 51.0 Å². The second-order valence-electron chi connectivity index (χ2n) is 5.76. The van der Waals surface area contributed by atoms with Gasteiger partial charge in [-0.3, -0.25) is 4.72 Å². The molecule has 2 rings (SSSR count). The number of carbonyl (C=O) groups is 1. The Hall–Kier alpha value is -2.06. The van der Waals surface area contributed by atoms with Crippen LogP contribution in [-0.4, -0.2) is 28.6 Å². The van der Waals surface area contributed by atoms with Gasteiger partial charge in [-0.1, -0.05) is 15.9 Å². The zero-order valence-corrected chi connectivity index (χ0v) is 17.5. The summed E-state index contributed by atoms with van der Waals surface area (Å²) in [5.74, 6) is -0.0128. The Morgan fingerprint density at radius 2 is 1.73 bits per heavy atom. The molecule has 6 nitrogen and oxygen atoms in total. The fraction of sp³-hybridized carbons (Fsp3) is 0.278. The molecule has 0 saturated carbocycles. The average molecular weight is 442 g/mol. The molecule has 0 aliphatic rings. The maximum absolute atomic E-state index is 13.0. The molecule has 0 aliphatic carbocycles. The summed E-state index contributed by atoms with van der Waals surface area (Å²) in [6, 6.07) is 6.33. The van der Waals surface area contributed by atoms with Crippen LogP contribution >= 0.6 is 15.9 Å². The van der Waals surface area contributed by atoms with Crippen molar-refractivity contribution in [3.63, 3.8) is 0 Å². The number of aryl methyl sites for hydroxylation is 1. The van der Waals surface area contributed by atoms with Gasteiger partial charge in [-0.25, -0.2) is 13.2 Å². The molecule has 0 fully saturated rings. The average Bonchev–Trinajstić information content (AvgIpc) is 2.58. The summed E-state index contributed by atoms with van der Waals surface area (Å²) in [6.45, 7) is 5.22. The van der Waals surface area contributed by atoms with Crippen molar-refractivity contribution in [2.24, 2.45) is 0 Å². The first-order valence-corrected chi connectivity index (χ1v) is 9.95. The van der Waals surface area contributed by atoms with Crippen LogP contribution in [0.15, 0.2) is 33.6 Å². The number of ether oxygens (including phenoxy) is 2. The monoisotopic (exact) mass is 441 g/mol. The van der Waals surface area contributed by atoms with E-state index in [9.17, 15) is 13.2 Å². The van der Waals surface area contributed by atoms with Crippen molar-refractivity contribution in [1.82, 2.24) is 0 Å². The quantitative estimate of drug-likeness (QED) is 0.709. The molecule has 2 aromatic rings. The maximum atomic E-state index is 13.0. The molecule has 140 valence electrons. The van der Waals surface area contributed by atoms with Crippen LogP contribution in [0.25, 0.3) is 0 Å². The molecule has 0 bridgehead atoms. The van der Waals surface area contributed by atoms with Gasteiger partial charge in [0.05, 0.1) is 30.4 Å².